The Hall–Kier alpha value is -0.0400. The summed E-state index contributed by atoms with van der Waals surface area (Å²) in [5.41, 5.74) is 0. The van der Waals surface area contributed by atoms with Crippen molar-refractivity contribution in [1.82, 2.24) is 5.32 Å². The molecule has 1 nitrogen and oxygen atoms in total. The summed E-state index contributed by atoms with van der Waals surface area (Å²) in [6, 6.07) is 0. The van der Waals surface area contributed by atoms with Crippen LogP contribution in [0.15, 0.2) is 0 Å². The third-order valence-corrected chi connectivity index (χ3v) is 4.71. The molecule has 1 N–H and O–H groups in total. The third-order valence-electron chi connectivity index (χ3n) is 4.71. The van der Waals surface area contributed by atoms with Crippen molar-refractivity contribution in [3.05, 3.63) is 0 Å². The fourth-order valence-corrected chi connectivity index (χ4v) is 3.21. The lowest BCUT2D eigenvalue weighted by Crippen LogP contribution is -2.36. The minimum atomic E-state index is 0.793. The Morgan fingerprint density at radius 2 is 1.53 bits per heavy atom. The second-order valence-electron chi connectivity index (χ2n) is 7.06. The summed E-state index contributed by atoms with van der Waals surface area (Å²) in [6.07, 6.45) is 14.7. The van der Waals surface area contributed by atoms with Crippen molar-refractivity contribution in [2.45, 2.75) is 85.0 Å². The van der Waals surface area contributed by atoms with Crippen LogP contribution in [0.5, 0.6) is 0 Å². The van der Waals surface area contributed by atoms with Crippen LogP contribution in [-0.4, -0.2) is 13.1 Å². The zero-order valence-corrected chi connectivity index (χ0v) is 13.7. The molecule has 1 heteroatoms. The zero-order chi connectivity index (χ0) is 13.9. The Labute approximate surface area is 121 Å². The second kappa shape index (κ2) is 10.7. The van der Waals surface area contributed by atoms with E-state index in [0.717, 1.165) is 17.8 Å². The summed E-state index contributed by atoms with van der Waals surface area (Å²) in [5.74, 6) is 2.84. The van der Waals surface area contributed by atoms with E-state index in [-0.39, 0.29) is 0 Å². The summed E-state index contributed by atoms with van der Waals surface area (Å²) in [6.45, 7) is 9.36. The van der Waals surface area contributed by atoms with E-state index < -0.39 is 0 Å². The summed E-state index contributed by atoms with van der Waals surface area (Å²) in [5, 5.41) is 3.64. The van der Waals surface area contributed by atoms with Crippen LogP contribution in [-0.2, 0) is 0 Å². The first-order chi connectivity index (χ1) is 9.24. The average molecular weight is 268 g/mol. The van der Waals surface area contributed by atoms with Gasteiger partial charge in [0.05, 0.1) is 0 Å². The van der Waals surface area contributed by atoms with E-state index in [1.807, 2.05) is 0 Å². The molecule has 0 aromatic carbocycles. The minimum absolute atomic E-state index is 0.793. The quantitative estimate of drug-likeness (QED) is 0.467. The Balaban J connectivity index is 1.89. The van der Waals surface area contributed by atoms with Crippen LogP contribution in [0.2, 0.25) is 0 Å². The van der Waals surface area contributed by atoms with Gasteiger partial charge in [-0.3, -0.25) is 0 Å². The predicted molar refractivity (Wildman–Crippen MR) is 86.5 cm³/mol. The standard InChI is InChI=1S/C18H37N/c1-4-5-6-7-8-9-10-11-17-12-13-18(17)15-19-14-16(2)3/h16-19H,4-15H2,1-3H3. The van der Waals surface area contributed by atoms with E-state index in [2.05, 4.69) is 26.1 Å². The molecular formula is C18H37N. The van der Waals surface area contributed by atoms with Crippen molar-refractivity contribution >= 4 is 0 Å². The average Bonchev–Trinajstić information content (AvgIpc) is 2.36. The number of unbranched alkanes of at least 4 members (excludes halogenated alkanes) is 6. The summed E-state index contributed by atoms with van der Waals surface area (Å²) >= 11 is 0. The molecular weight excluding hydrogens is 230 g/mol. The van der Waals surface area contributed by atoms with Crippen molar-refractivity contribution < 1.29 is 0 Å². The molecule has 1 aliphatic carbocycles. The van der Waals surface area contributed by atoms with Crippen molar-refractivity contribution in [3.63, 3.8) is 0 Å². The van der Waals surface area contributed by atoms with Crippen LogP contribution in [0, 0.1) is 17.8 Å². The summed E-state index contributed by atoms with van der Waals surface area (Å²) < 4.78 is 0. The number of hydrogen-bond donors (Lipinski definition) is 1. The highest BCUT2D eigenvalue weighted by molar-refractivity contribution is 4.82. The minimum Gasteiger partial charge on any atom is -0.316 e. The van der Waals surface area contributed by atoms with Gasteiger partial charge in [-0.25, -0.2) is 0 Å². The molecule has 0 aromatic rings. The Morgan fingerprint density at radius 1 is 0.895 bits per heavy atom. The predicted octanol–water partition coefficient (Wildman–Crippen LogP) is 5.40. The molecule has 2 unspecified atom stereocenters. The van der Waals surface area contributed by atoms with E-state index in [1.54, 1.807) is 0 Å². The Bertz CT molecular complexity index is 200. The molecule has 1 saturated carbocycles. The number of rotatable bonds is 12. The molecule has 114 valence electrons. The highest BCUT2D eigenvalue weighted by Crippen LogP contribution is 2.37. The highest BCUT2D eigenvalue weighted by atomic mass is 14.9. The van der Waals surface area contributed by atoms with Gasteiger partial charge in [-0.05, 0) is 43.7 Å². The number of hydrogen-bond acceptors (Lipinski definition) is 1. The molecule has 2 atom stereocenters. The first-order valence-electron chi connectivity index (χ1n) is 8.94. The first-order valence-corrected chi connectivity index (χ1v) is 8.94. The molecule has 0 bridgehead atoms. The van der Waals surface area contributed by atoms with E-state index in [1.165, 1.54) is 77.3 Å². The maximum atomic E-state index is 3.64. The lowest BCUT2D eigenvalue weighted by molar-refractivity contribution is 0.155. The molecule has 0 spiro atoms. The van der Waals surface area contributed by atoms with Crippen LogP contribution < -0.4 is 5.32 Å². The van der Waals surface area contributed by atoms with Gasteiger partial charge in [0.15, 0.2) is 0 Å². The molecule has 19 heavy (non-hydrogen) atoms. The van der Waals surface area contributed by atoms with Crippen LogP contribution in [0.4, 0.5) is 0 Å². The van der Waals surface area contributed by atoms with E-state index in [4.69, 9.17) is 0 Å². The van der Waals surface area contributed by atoms with Crippen molar-refractivity contribution in [2.75, 3.05) is 13.1 Å². The maximum Gasteiger partial charge on any atom is -0.00178 e. The largest absolute Gasteiger partial charge is 0.316 e. The van der Waals surface area contributed by atoms with Crippen molar-refractivity contribution in [3.8, 4) is 0 Å². The van der Waals surface area contributed by atoms with Crippen LogP contribution >= 0.6 is 0 Å². The highest BCUT2D eigenvalue weighted by Gasteiger charge is 2.29. The first kappa shape index (κ1) is 17.0. The van der Waals surface area contributed by atoms with Crippen molar-refractivity contribution in [2.24, 2.45) is 17.8 Å². The zero-order valence-electron chi connectivity index (χ0n) is 13.7. The molecule has 0 saturated heterocycles. The molecule has 1 aliphatic rings. The smallest absolute Gasteiger partial charge is 0.00178 e. The monoisotopic (exact) mass is 267 g/mol. The van der Waals surface area contributed by atoms with Gasteiger partial charge in [-0.15, -0.1) is 0 Å². The van der Waals surface area contributed by atoms with Gasteiger partial charge in [0.25, 0.3) is 0 Å². The van der Waals surface area contributed by atoms with Crippen molar-refractivity contribution in [1.29, 1.82) is 0 Å². The molecule has 0 aromatic heterocycles. The second-order valence-corrected chi connectivity index (χ2v) is 7.06. The molecule has 0 heterocycles. The lowest BCUT2D eigenvalue weighted by Gasteiger charge is -2.37. The van der Waals surface area contributed by atoms with Gasteiger partial charge in [0.2, 0.25) is 0 Å². The third kappa shape index (κ3) is 7.97. The van der Waals surface area contributed by atoms with E-state index >= 15 is 0 Å². The summed E-state index contributed by atoms with van der Waals surface area (Å²) in [4.78, 5) is 0. The maximum absolute atomic E-state index is 3.64. The molecule has 1 fully saturated rings. The van der Waals surface area contributed by atoms with Crippen LogP contribution in [0.25, 0.3) is 0 Å². The molecule has 1 rings (SSSR count). The van der Waals surface area contributed by atoms with Gasteiger partial charge < -0.3 is 5.32 Å². The topological polar surface area (TPSA) is 12.0 Å². The van der Waals surface area contributed by atoms with Gasteiger partial charge in [0.1, 0.15) is 0 Å². The Morgan fingerprint density at radius 3 is 2.11 bits per heavy atom. The Kier molecular flexibility index (Phi) is 9.59. The number of nitrogens with one attached hydrogen (secondary N) is 1. The molecule has 0 aliphatic heterocycles. The van der Waals surface area contributed by atoms with Gasteiger partial charge >= 0.3 is 0 Å². The van der Waals surface area contributed by atoms with Crippen LogP contribution in [0.1, 0.15) is 85.0 Å². The normalized spacial score (nSPS) is 22.7. The van der Waals surface area contributed by atoms with Gasteiger partial charge in [-0.1, -0.05) is 72.1 Å². The fraction of sp³-hybridized carbons (Fsp3) is 1.00. The van der Waals surface area contributed by atoms with Crippen LogP contribution in [0.3, 0.4) is 0 Å². The van der Waals surface area contributed by atoms with Gasteiger partial charge in [-0.2, -0.15) is 0 Å². The molecule has 0 radical (unpaired) electrons. The SMILES string of the molecule is CCCCCCCCCC1CCC1CNCC(C)C. The lowest BCUT2D eigenvalue weighted by atomic mass is 9.71. The van der Waals surface area contributed by atoms with E-state index in [9.17, 15) is 0 Å². The van der Waals surface area contributed by atoms with E-state index in [0.29, 0.717) is 0 Å². The summed E-state index contributed by atoms with van der Waals surface area (Å²) in [7, 11) is 0. The molecule has 0 amide bonds. The fourth-order valence-electron chi connectivity index (χ4n) is 3.21. The van der Waals surface area contributed by atoms with Gasteiger partial charge in [0, 0.05) is 0 Å².